The number of aromatic carboxylic acids is 1. The average molecular weight is 339 g/mol. The Morgan fingerprint density at radius 1 is 1.14 bits per heavy atom. The van der Waals surface area contributed by atoms with Crippen LogP contribution >= 0.6 is 23.2 Å². The van der Waals surface area contributed by atoms with Crippen molar-refractivity contribution in [2.75, 3.05) is 7.11 Å². The first-order chi connectivity index (χ1) is 10.5. The molecule has 3 nitrogen and oxygen atoms in total. The third-order valence-corrected chi connectivity index (χ3v) is 4.04. The predicted molar refractivity (Wildman–Crippen MR) is 88.4 cm³/mol. The van der Waals surface area contributed by atoms with Gasteiger partial charge in [0.1, 0.15) is 11.3 Å². The smallest absolute Gasteiger partial charge is 0.339 e. The molecule has 0 aliphatic heterocycles. The molecule has 1 N–H and O–H groups in total. The average Bonchev–Trinajstić information content (AvgIpc) is 2.48. The van der Waals surface area contributed by atoms with Crippen LogP contribution in [0, 0.1) is 0 Å². The number of carboxylic acid groups (broad SMARTS) is 1. The van der Waals surface area contributed by atoms with Crippen molar-refractivity contribution in [2.24, 2.45) is 0 Å². The molecule has 0 aliphatic rings. The Labute approximate surface area is 139 Å². The summed E-state index contributed by atoms with van der Waals surface area (Å²) in [5.41, 5.74) is 2.00. The van der Waals surface area contributed by atoms with E-state index < -0.39 is 5.97 Å². The van der Waals surface area contributed by atoms with Crippen LogP contribution in [-0.4, -0.2) is 18.2 Å². The largest absolute Gasteiger partial charge is 0.496 e. The van der Waals surface area contributed by atoms with Gasteiger partial charge in [-0.25, -0.2) is 4.79 Å². The van der Waals surface area contributed by atoms with Crippen LogP contribution in [0.15, 0.2) is 36.4 Å². The van der Waals surface area contributed by atoms with Crippen molar-refractivity contribution in [3.05, 3.63) is 63.1 Å². The van der Waals surface area contributed by atoms with Gasteiger partial charge in [-0.05, 0) is 48.6 Å². The molecule has 0 saturated heterocycles. The quantitative estimate of drug-likeness (QED) is 0.816. The number of hydrogen-bond donors (Lipinski definition) is 1. The highest BCUT2D eigenvalue weighted by molar-refractivity contribution is 6.35. The van der Waals surface area contributed by atoms with Gasteiger partial charge < -0.3 is 9.84 Å². The molecule has 0 fully saturated rings. The minimum atomic E-state index is -0.975. The summed E-state index contributed by atoms with van der Waals surface area (Å²) >= 11 is 12.0. The van der Waals surface area contributed by atoms with Crippen LogP contribution in [0.5, 0.6) is 5.75 Å². The van der Waals surface area contributed by atoms with Gasteiger partial charge in [-0.2, -0.15) is 0 Å². The lowest BCUT2D eigenvalue weighted by Gasteiger charge is -2.11. The van der Waals surface area contributed by atoms with E-state index in [9.17, 15) is 9.90 Å². The molecule has 0 aromatic heterocycles. The highest BCUT2D eigenvalue weighted by atomic mass is 35.5. The Morgan fingerprint density at radius 3 is 2.50 bits per heavy atom. The van der Waals surface area contributed by atoms with Crippen molar-refractivity contribution in [2.45, 2.75) is 19.3 Å². The zero-order valence-corrected chi connectivity index (χ0v) is 13.6. The van der Waals surface area contributed by atoms with E-state index in [1.54, 1.807) is 24.3 Å². The van der Waals surface area contributed by atoms with Crippen LogP contribution in [0.2, 0.25) is 10.0 Å². The van der Waals surface area contributed by atoms with Crippen LogP contribution in [-0.2, 0) is 12.8 Å². The Kier molecular flexibility index (Phi) is 5.69. The highest BCUT2D eigenvalue weighted by Crippen LogP contribution is 2.25. The zero-order chi connectivity index (χ0) is 16.1. The minimum absolute atomic E-state index is 0.229. The summed E-state index contributed by atoms with van der Waals surface area (Å²) in [4.78, 5) is 11.4. The minimum Gasteiger partial charge on any atom is -0.496 e. The van der Waals surface area contributed by atoms with Gasteiger partial charge in [0.2, 0.25) is 0 Å². The third kappa shape index (κ3) is 3.93. The summed E-state index contributed by atoms with van der Waals surface area (Å²) in [6.45, 7) is 0. The van der Waals surface area contributed by atoms with E-state index in [2.05, 4.69) is 0 Å². The van der Waals surface area contributed by atoms with Crippen LogP contribution < -0.4 is 4.74 Å². The van der Waals surface area contributed by atoms with Crippen LogP contribution in [0.3, 0.4) is 0 Å². The summed E-state index contributed by atoms with van der Waals surface area (Å²) in [6, 6.07) is 10.7. The predicted octanol–water partition coefficient (Wildman–Crippen LogP) is 4.88. The van der Waals surface area contributed by atoms with Crippen molar-refractivity contribution in [1.29, 1.82) is 0 Å². The second kappa shape index (κ2) is 7.52. The molecule has 5 heteroatoms. The number of benzene rings is 2. The second-order valence-electron chi connectivity index (χ2n) is 4.89. The lowest BCUT2D eigenvalue weighted by Crippen LogP contribution is -2.06. The van der Waals surface area contributed by atoms with Crippen molar-refractivity contribution >= 4 is 29.2 Å². The Hall–Kier alpha value is -1.71. The van der Waals surface area contributed by atoms with E-state index in [-0.39, 0.29) is 5.56 Å². The molecule has 0 saturated carbocycles. The summed E-state index contributed by atoms with van der Waals surface area (Å²) in [7, 11) is 1.47. The number of aryl methyl sites for hydroxylation is 2. The maximum absolute atomic E-state index is 11.4. The molecular weight excluding hydrogens is 323 g/mol. The zero-order valence-electron chi connectivity index (χ0n) is 12.1. The van der Waals surface area contributed by atoms with E-state index in [0.29, 0.717) is 22.2 Å². The maximum Gasteiger partial charge on any atom is 0.339 e. The molecule has 22 heavy (non-hydrogen) atoms. The van der Waals surface area contributed by atoms with E-state index >= 15 is 0 Å². The van der Waals surface area contributed by atoms with Crippen molar-refractivity contribution < 1.29 is 14.6 Å². The lowest BCUT2D eigenvalue weighted by atomic mass is 9.99. The molecule has 116 valence electrons. The molecular formula is C17H16Cl2O3. The van der Waals surface area contributed by atoms with Crippen molar-refractivity contribution in [1.82, 2.24) is 0 Å². The molecule has 0 aliphatic carbocycles. The molecule has 0 heterocycles. The molecule has 0 bridgehead atoms. The fourth-order valence-corrected chi connectivity index (χ4v) is 2.89. The van der Waals surface area contributed by atoms with Crippen molar-refractivity contribution in [3.8, 4) is 5.75 Å². The summed E-state index contributed by atoms with van der Waals surface area (Å²) < 4.78 is 5.13. The molecule has 2 aromatic carbocycles. The number of methoxy groups -OCH3 is 1. The van der Waals surface area contributed by atoms with Crippen molar-refractivity contribution in [3.63, 3.8) is 0 Å². The van der Waals surface area contributed by atoms with E-state index in [1.165, 1.54) is 7.11 Å². The molecule has 0 atom stereocenters. The standard InChI is InChI=1S/C17H16Cl2O3/c1-22-15-7-3-6-12(16(15)17(20)21)5-2-4-11-8-9-13(18)10-14(11)19/h3,6-10H,2,4-5H2,1H3,(H,20,21). The Morgan fingerprint density at radius 2 is 1.86 bits per heavy atom. The van der Waals surface area contributed by atoms with Crippen LogP contribution in [0.4, 0.5) is 0 Å². The first-order valence-electron chi connectivity index (χ1n) is 6.86. The third-order valence-electron chi connectivity index (χ3n) is 3.45. The van der Waals surface area contributed by atoms with Gasteiger partial charge in [0.15, 0.2) is 0 Å². The van der Waals surface area contributed by atoms with Crippen LogP contribution in [0.25, 0.3) is 0 Å². The number of rotatable bonds is 6. The first-order valence-corrected chi connectivity index (χ1v) is 7.61. The second-order valence-corrected chi connectivity index (χ2v) is 5.73. The molecule has 0 amide bonds. The normalized spacial score (nSPS) is 10.5. The molecule has 0 unspecified atom stereocenters. The summed E-state index contributed by atoms with van der Waals surface area (Å²) in [5.74, 6) is -0.591. The molecule has 0 radical (unpaired) electrons. The van der Waals surface area contributed by atoms with Gasteiger partial charge in [0, 0.05) is 10.0 Å². The van der Waals surface area contributed by atoms with E-state index in [0.717, 1.165) is 24.0 Å². The van der Waals surface area contributed by atoms with E-state index in [1.807, 2.05) is 12.1 Å². The number of carbonyl (C=O) groups is 1. The number of carboxylic acids is 1. The maximum atomic E-state index is 11.4. The van der Waals surface area contributed by atoms with Gasteiger partial charge in [-0.1, -0.05) is 41.4 Å². The topological polar surface area (TPSA) is 46.5 Å². The number of ether oxygens (including phenoxy) is 1. The highest BCUT2D eigenvalue weighted by Gasteiger charge is 2.15. The molecule has 2 aromatic rings. The number of halogens is 2. The van der Waals surface area contributed by atoms with Gasteiger partial charge in [0.05, 0.1) is 7.11 Å². The van der Waals surface area contributed by atoms with E-state index in [4.69, 9.17) is 27.9 Å². The lowest BCUT2D eigenvalue weighted by molar-refractivity contribution is 0.0692. The van der Waals surface area contributed by atoms with Gasteiger partial charge in [-0.3, -0.25) is 0 Å². The SMILES string of the molecule is COc1cccc(CCCc2ccc(Cl)cc2Cl)c1C(=O)O. The summed E-state index contributed by atoms with van der Waals surface area (Å²) in [5, 5.41) is 10.6. The summed E-state index contributed by atoms with van der Waals surface area (Å²) in [6.07, 6.45) is 2.18. The fourth-order valence-electron chi connectivity index (χ4n) is 2.39. The van der Waals surface area contributed by atoms with Gasteiger partial charge in [0.25, 0.3) is 0 Å². The molecule has 0 spiro atoms. The van der Waals surface area contributed by atoms with Gasteiger partial charge >= 0.3 is 5.97 Å². The Bertz CT molecular complexity index is 684. The number of hydrogen-bond acceptors (Lipinski definition) is 2. The van der Waals surface area contributed by atoms with Gasteiger partial charge in [-0.15, -0.1) is 0 Å². The van der Waals surface area contributed by atoms with Crippen LogP contribution in [0.1, 0.15) is 27.9 Å². The Balaban J connectivity index is 2.10. The fraction of sp³-hybridized carbons (Fsp3) is 0.235. The first kappa shape index (κ1) is 16.7. The monoisotopic (exact) mass is 338 g/mol. The molecule has 2 rings (SSSR count).